The van der Waals surface area contributed by atoms with Gasteiger partial charge >= 0.3 is 5.97 Å². The Morgan fingerprint density at radius 3 is 1.71 bits per heavy atom. The third-order valence-corrected chi connectivity index (χ3v) is 4.57. The van der Waals surface area contributed by atoms with E-state index < -0.39 is 5.97 Å². The molecule has 158 valence electrons. The van der Waals surface area contributed by atoms with E-state index in [9.17, 15) is 14.4 Å². The molecule has 0 aliphatic rings. The summed E-state index contributed by atoms with van der Waals surface area (Å²) in [5, 5.41) is 2.49. The molecule has 3 aromatic rings. The molecule has 0 aliphatic carbocycles. The smallest absolute Gasteiger partial charge is 0.325 e. The van der Waals surface area contributed by atoms with Gasteiger partial charge in [0.25, 0.3) is 11.8 Å². The molecule has 0 atom stereocenters. The van der Waals surface area contributed by atoms with Crippen molar-refractivity contribution in [3.63, 3.8) is 0 Å². The van der Waals surface area contributed by atoms with E-state index in [1.165, 1.54) is 0 Å². The highest BCUT2D eigenvalue weighted by molar-refractivity contribution is 5.96. The summed E-state index contributed by atoms with van der Waals surface area (Å²) in [5.41, 5.74) is 2.41. The first-order chi connectivity index (χ1) is 15.1. The number of benzene rings is 3. The molecule has 0 radical (unpaired) electrons. The number of nitrogens with one attached hydrogen (secondary N) is 1. The van der Waals surface area contributed by atoms with Gasteiger partial charge in [-0.1, -0.05) is 78.9 Å². The Labute approximate surface area is 181 Å². The van der Waals surface area contributed by atoms with Crippen LogP contribution >= 0.6 is 0 Å². The molecule has 3 aromatic carbocycles. The molecular formula is C25H24N2O4. The van der Waals surface area contributed by atoms with Crippen LogP contribution in [0.3, 0.4) is 0 Å². The van der Waals surface area contributed by atoms with Crippen molar-refractivity contribution in [3.8, 4) is 0 Å². The van der Waals surface area contributed by atoms with E-state index >= 15 is 0 Å². The van der Waals surface area contributed by atoms with Crippen LogP contribution < -0.4 is 5.32 Å². The van der Waals surface area contributed by atoms with Crippen molar-refractivity contribution in [2.75, 3.05) is 13.2 Å². The Balaban J connectivity index is 1.54. The third kappa shape index (κ3) is 7.12. The molecule has 1 N–H and O–H groups in total. The van der Waals surface area contributed by atoms with Crippen molar-refractivity contribution in [2.24, 2.45) is 0 Å². The Morgan fingerprint density at radius 2 is 1.19 bits per heavy atom. The van der Waals surface area contributed by atoms with E-state index in [1.807, 2.05) is 60.7 Å². The van der Waals surface area contributed by atoms with Crippen LogP contribution in [0, 0.1) is 0 Å². The molecule has 3 rings (SSSR count). The number of hydrogen-bond donors (Lipinski definition) is 1. The van der Waals surface area contributed by atoms with E-state index in [4.69, 9.17) is 4.74 Å². The number of rotatable bonds is 9. The fourth-order valence-electron chi connectivity index (χ4n) is 2.97. The van der Waals surface area contributed by atoms with Crippen molar-refractivity contribution < 1.29 is 19.1 Å². The van der Waals surface area contributed by atoms with Crippen LogP contribution in [0.2, 0.25) is 0 Å². The Bertz CT molecular complexity index is 950. The van der Waals surface area contributed by atoms with Gasteiger partial charge in [0.1, 0.15) is 6.54 Å². The molecule has 0 spiro atoms. The van der Waals surface area contributed by atoms with Crippen LogP contribution in [0.4, 0.5) is 0 Å². The maximum atomic E-state index is 12.8. The van der Waals surface area contributed by atoms with E-state index in [-0.39, 0.29) is 25.0 Å². The highest BCUT2D eigenvalue weighted by Gasteiger charge is 2.17. The van der Waals surface area contributed by atoms with Gasteiger partial charge in [-0.05, 0) is 23.3 Å². The molecule has 0 saturated heterocycles. The van der Waals surface area contributed by atoms with Crippen molar-refractivity contribution >= 4 is 17.8 Å². The number of ether oxygens (including phenoxy) is 1. The number of hydrogen-bond acceptors (Lipinski definition) is 4. The summed E-state index contributed by atoms with van der Waals surface area (Å²) >= 11 is 0. The summed E-state index contributed by atoms with van der Waals surface area (Å²) in [6, 6.07) is 27.8. The lowest BCUT2D eigenvalue weighted by molar-refractivity contribution is -0.151. The average Bonchev–Trinajstić information content (AvgIpc) is 2.82. The quantitative estimate of drug-likeness (QED) is 0.544. The number of carbonyl (C=O) groups is 3. The molecule has 6 nitrogen and oxygen atoms in total. The molecular weight excluding hydrogens is 392 g/mol. The Morgan fingerprint density at radius 1 is 0.710 bits per heavy atom. The van der Waals surface area contributed by atoms with Crippen LogP contribution in [0.1, 0.15) is 21.5 Å². The van der Waals surface area contributed by atoms with Crippen molar-refractivity contribution in [3.05, 3.63) is 108 Å². The fraction of sp³-hybridized carbons (Fsp3) is 0.160. The summed E-state index contributed by atoms with van der Waals surface area (Å²) in [7, 11) is 0. The van der Waals surface area contributed by atoms with Crippen LogP contribution in [-0.2, 0) is 27.4 Å². The summed E-state index contributed by atoms with van der Waals surface area (Å²) < 4.78 is 5.10. The first kappa shape index (κ1) is 21.8. The first-order valence-electron chi connectivity index (χ1n) is 9.96. The van der Waals surface area contributed by atoms with Crippen molar-refractivity contribution in [1.82, 2.24) is 10.2 Å². The summed E-state index contributed by atoms with van der Waals surface area (Å²) in [6.07, 6.45) is 0. The highest BCUT2D eigenvalue weighted by atomic mass is 16.5. The van der Waals surface area contributed by atoms with E-state index in [1.54, 1.807) is 35.2 Å². The molecule has 0 saturated carbocycles. The highest BCUT2D eigenvalue weighted by Crippen LogP contribution is 2.10. The van der Waals surface area contributed by atoms with Gasteiger partial charge in [0.05, 0.1) is 0 Å². The number of amides is 2. The molecule has 0 fully saturated rings. The second-order valence-electron chi connectivity index (χ2n) is 6.93. The van der Waals surface area contributed by atoms with Crippen LogP contribution in [-0.4, -0.2) is 35.8 Å². The minimum Gasteiger partial charge on any atom is -0.454 e. The second-order valence-corrected chi connectivity index (χ2v) is 6.93. The summed E-state index contributed by atoms with van der Waals surface area (Å²) in [4.78, 5) is 38.4. The molecule has 0 unspecified atom stereocenters. The second kappa shape index (κ2) is 11.3. The molecule has 0 aliphatic heterocycles. The first-order valence-corrected chi connectivity index (χ1v) is 9.96. The molecule has 0 aromatic heterocycles. The lowest BCUT2D eigenvalue weighted by Gasteiger charge is -2.23. The summed E-state index contributed by atoms with van der Waals surface area (Å²) in [6.45, 7) is 0.103. The zero-order valence-electron chi connectivity index (χ0n) is 17.1. The zero-order valence-corrected chi connectivity index (χ0v) is 17.1. The van der Waals surface area contributed by atoms with Crippen LogP contribution in [0.15, 0.2) is 91.0 Å². The van der Waals surface area contributed by atoms with E-state index in [0.29, 0.717) is 18.7 Å². The predicted molar refractivity (Wildman–Crippen MR) is 117 cm³/mol. The fourth-order valence-corrected chi connectivity index (χ4v) is 2.97. The monoisotopic (exact) mass is 416 g/mol. The third-order valence-electron chi connectivity index (χ3n) is 4.57. The van der Waals surface area contributed by atoms with Gasteiger partial charge in [0.2, 0.25) is 0 Å². The Kier molecular flexibility index (Phi) is 7.94. The van der Waals surface area contributed by atoms with Gasteiger partial charge in [0, 0.05) is 18.7 Å². The number of carbonyl (C=O) groups excluding carboxylic acids is 3. The molecule has 31 heavy (non-hydrogen) atoms. The van der Waals surface area contributed by atoms with E-state index in [2.05, 4.69) is 5.32 Å². The molecule has 6 heteroatoms. The lowest BCUT2D eigenvalue weighted by atomic mass is 10.1. The Hall–Kier alpha value is -3.93. The van der Waals surface area contributed by atoms with Gasteiger partial charge in [-0.25, -0.2) is 0 Å². The maximum Gasteiger partial charge on any atom is 0.325 e. The maximum absolute atomic E-state index is 12.8. The van der Waals surface area contributed by atoms with Gasteiger partial charge in [-0.3, -0.25) is 14.4 Å². The number of nitrogens with zero attached hydrogens (tertiary/aromatic N) is 1. The van der Waals surface area contributed by atoms with Gasteiger partial charge in [-0.2, -0.15) is 0 Å². The topological polar surface area (TPSA) is 75.7 Å². The molecule has 2 amide bonds. The van der Waals surface area contributed by atoms with Crippen molar-refractivity contribution in [2.45, 2.75) is 13.1 Å². The minimum atomic E-state index is -0.669. The lowest BCUT2D eigenvalue weighted by Crippen LogP contribution is -2.36. The standard InChI is InChI=1S/C25H24N2O4/c28-23(19-31-24(29)16-26-25(30)22-14-8-3-9-15-22)27(17-20-10-4-1-5-11-20)18-21-12-6-2-7-13-21/h1-15H,16-19H2,(H,26,30). The van der Waals surface area contributed by atoms with Gasteiger partial charge in [-0.15, -0.1) is 0 Å². The summed E-state index contributed by atoms with van der Waals surface area (Å²) in [5.74, 6) is -1.36. The zero-order chi connectivity index (χ0) is 21.9. The largest absolute Gasteiger partial charge is 0.454 e. The van der Waals surface area contributed by atoms with Crippen molar-refractivity contribution in [1.29, 1.82) is 0 Å². The van der Waals surface area contributed by atoms with Crippen LogP contribution in [0.5, 0.6) is 0 Å². The average molecular weight is 416 g/mol. The molecule has 0 bridgehead atoms. The normalized spacial score (nSPS) is 10.2. The van der Waals surface area contributed by atoms with Crippen LogP contribution in [0.25, 0.3) is 0 Å². The SMILES string of the molecule is O=C(CNC(=O)c1ccccc1)OCC(=O)N(Cc1ccccc1)Cc1ccccc1. The molecule has 0 heterocycles. The minimum absolute atomic E-state index is 0.307. The van der Waals surface area contributed by atoms with Gasteiger partial charge < -0.3 is 15.0 Å². The van der Waals surface area contributed by atoms with E-state index in [0.717, 1.165) is 11.1 Å². The predicted octanol–water partition coefficient (Wildman–Crippen LogP) is 3.19. The van der Waals surface area contributed by atoms with Gasteiger partial charge in [0.15, 0.2) is 6.61 Å². The number of esters is 1.